The molecule has 4 heteroatoms. The number of nitrogens with zero attached hydrogens (tertiary/aromatic N) is 2. The van der Waals surface area contributed by atoms with Gasteiger partial charge in [0.05, 0.1) is 6.04 Å². The summed E-state index contributed by atoms with van der Waals surface area (Å²) in [5, 5.41) is 4.07. The van der Waals surface area contributed by atoms with Gasteiger partial charge in [0, 0.05) is 5.92 Å². The maximum atomic E-state index is 6.15. The molecule has 1 saturated carbocycles. The van der Waals surface area contributed by atoms with Gasteiger partial charge < -0.3 is 10.3 Å². The van der Waals surface area contributed by atoms with Crippen LogP contribution >= 0.6 is 0 Å². The van der Waals surface area contributed by atoms with Crippen LogP contribution in [0.3, 0.4) is 0 Å². The van der Waals surface area contributed by atoms with E-state index in [0.717, 1.165) is 24.7 Å². The Kier molecular flexibility index (Phi) is 3.76. The van der Waals surface area contributed by atoms with Crippen molar-refractivity contribution in [3.63, 3.8) is 0 Å². The summed E-state index contributed by atoms with van der Waals surface area (Å²) >= 11 is 0. The summed E-state index contributed by atoms with van der Waals surface area (Å²) in [6.45, 7) is 8.59. The number of hydrogen-bond acceptors (Lipinski definition) is 4. The molecule has 18 heavy (non-hydrogen) atoms. The second kappa shape index (κ2) is 5.00. The topological polar surface area (TPSA) is 64.9 Å². The van der Waals surface area contributed by atoms with Crippen LogP contribution in [0.4, 0.5) is 0 Å². The maximum Gasteiger partial charge on any atom is 0.229 e. The third kappa shape index (κ3) is 2.91. The Morgan fingerprint density at radius 3 is 2.39 bits per heavy atom. The Labute approximate surface area is 109 Å². The minimum absolute atomic E-state index is 0.0395. The second-order valence-electron chi connectivity index (χ2n) is 6.79. The van der Waals surface area contributed by atoms with Crippen LogP contribution in [0, 0.1) is 11.3 Å². The molecule has 1 atom stereocenters. The Morgan fingerprint density at radius 1 is 1.22 bits per heavy atom. The summed E-state index contributed by atoms with van der Waals surface area (Å²) in [7, 11) is 0. The summed E-state index contributed by atoms with van der Waals surface area (Å²) in [6.07, 6.45) is 4.84. The molecule has 0 saturated heterocycles. The third-order valence-corrected chi connectivity index (χ3v) is 4.03. The summed E-state index contributed by atoms with van der Waals surface area (Å²) in [5.74, 6) is 2.71. The zero-order valence-corrected chi connectivity index (χ0v) is 11.9. The van der Waals surface area contributed by atoms with Gasteiger partial charge in [-0.15, -0.1) is 0 Å². The average Bonchev–Trinajstić information content (AvgIpc) is 2.77. The SMILES string of the molecule is CC1CCC(c2nc(C(N)C(C)(C)C)no2)CC1. The zero-order chi connectivity index (χ0) is 13.3. The lowest BCUT2D eigenvalue weighted by Crippen LogP contribution is -2.27. The number of aromatic nitrogens is 2. The van der Waals surface area contributed by atoms with E-state index in [4.69, 9.17) is 10.3 Å². The van der Waals surface area contributed by atoms with E-state index < -0.39 is 0 Å². The molecular weight excluding hydrogens is 226 g/mol. The molecule has 1 aliphatic carbocycles. The quantitative estimate of drug-likeness (QED) is 0.874. The van der Waals surface area contributed by atoms with Gasteiger partial charge in [-0.1, -0.05) is 32.9 Å². The lowest BCUT2D eigenvalue weighted by atomic mass is 9.83. The van der Waals surface area contributed by atoms with Crippen LogP contribution < -0.4 is 5.73 Å². The predicted molar refractivity (Wildman–Crippen MR) is 71.1 cm³/mol. The predicted octanol–water partition coefficient (Wildman–Crippen LogP) is 3.41. The van der Waals surface area contributed by atoms with Crippen LogP contribution in [0.1, 0.15) is 77.1 Å². The van der Waals surface area contributed by atoms with Gasteiger partial charge in [0.15, 0.2) is 5.82 Å². The molecule has 0 radical (unpaired) electrons. The first-order chi connectivity index (χ1) is 8.38. The van der Waals surface area contributed by atoms with E-state index in [0.29, 0.717) is 11.7 Å². The Bertz CT molecular complexity index is 386. The van der Waals surface area contributed by atoms with Crippen molar-refractivity contribution in [3.05, 3.63) is 11.7 Å². The highest BCUT2D eigenvalue weighted by Gasteiger charge is 2.29. The maximum absolute atomic E-state index is 6.15. The fourth-order valence-corrected chi connectivity index (χ4v) is 2.43. The van der Waals surface area contributed by atoms with Crippen molar-refractivity contribution in [1.29, 1.82) is 0 Å². The average molecular weight is 251 g/mol. The molecule has 102 valence electrons. The van der Waals surface area contributed by atoms with Crippen molar-refractivity contribution in [1.82, 2.24) is 10.1 Å². The van der Waals surface area contributed by atoms with Gasteiger partial charge in [0.2, 0.25) is 5.89 Å². The monoisotopic (exact) mass is 251 g/mol. The Balaban J connectivity index is 2.06. The molecule has 2 N–H and O–H groups in total. The van der Waals surface area contributed by atoms with Crippen LogP contribution in [-0.4, -0.2) is 10.1 Å². The second-order valence-corrected chi connectivity index (χ2v) is 6.79. The van der Waals surface area contributed by atoms with E-state index in [1.807, 2.05) is 0 Å². The van der Waals surface area contributed by atoms with Gasteiger partial charge in [0.1, 0.15) is 0 Å². The van der Waals surface area contributed by atoms with Crippen molar-refractivity contribution in [2.45, 2.75) is 65.3 Å². The standard InChI is InChI=1S/C14H25N3O/c1-9-5-7-10(8-6-9)13-16-12(17-18-13)11(15)14(2,3)4/h9-11H,5-8,15H2,1-4H3. The van der Waals surface area contributed by atoms with Gasteiger partial charge in [-0.2, -0.15) is 4.98 Å². The lowest BCUT2D eigenvalue weighted by Gasteiger charge is -2.24. The lowest BCUT2D eigenvalue weighted by molar-refractivity contribution is 0.274. The van der Waals surface area contributed by atoms with E-state index in [9.17, 15) is 0 Å². The molecule has 1 fully saturated rings. The fraction of sp³-hybridized carbons (Fsp3) is 0.857. The van der Waals surface area contributed by atoms with Crippen LogP contribution in [0.15, 0.2) is 4.52 Å². The molecule has 0 aliphatic heterocycles. The highest BCUT2D eigenvalue weighted by molar-refractivity contribution is 5.01. The minimum atomic E-state index is -0.169. The fourth-order valence-electron chi connectivity index (χ4n) is 2.43. The molecule has 1 aliphatic rings. The highest BCUT2D eigenvalue weighted by Crippen LogP contribution is 2.36. The number of rotatable bonds is 2. The molecule has 4 nitrogen and oxygen atoms in total. The van der Waals surface area contributed by atoms with Crippen LogP contribution in [0.25, 0.3) is 0 Å². The molecule has 0 bridgehead atoms. The summed E-state index contributed by atoms with van der Waals surface area (Å²) in [5.41, 5.74) is 6.11. The third-order valence-electron chi connectivity index (χ3n) is 4.03. The molecule has 1 unspecified atom stereocenters. The number of nitrogens with two attached hydrogens (primary N) is 1. The van der Waals surface area contributed by atoms with E-state index >= 15 is 0 Å². The van der Waals surface area contributed by atoms with Crippen LogP contribution in [-0.2, 0) is 0 Å². The van der Waals surface area contributed by atoms with Crippen molar-refractivity contribution in [2.75, 3.05) is 0 Å². The molecule has 1 aromatic heterocycles. The molecule has 0 aromatic carbocycles. The normalized spacial score (nSPS) is 27.2. The van der Waals surface area contributed by atoms with E-state index in [1.54, 1.807) is 0 Å². The Morgan fingerprint density at radius 2 is 1.83 bits per heavy atom. The summed E-state index contributed by atoms with van der Waals surface area (Å²) < 4.78 is 5.41. The Hall–Kier alpha value is -0.900. The van der Waals surface area contributed by atoms with Crippen LogP contribution in [0.2, 0.25) is 0 Å². The van der Waals surface area contributed by atoms with Crippen LogP contribution in [0.5, 0.6) is 0 Å². The van der Waals surface area contributed by atoms with E-state index in [2.05, 4.69) is 37.8 Å². The van der Waals surface area contributed by atoms with Gasteiger partial charge in [-0.05, 0) is 37.0 Å². The zero-order valence-electron chi connectivity index (χ0n) is 11.9. The van der Waals surface area contributed by atoms with E-state index in [1.165, 1.54) is 12.8 Å². The molecular formula is C14H25N3O. The first-order valence-corrected chi connectivity index (χ1v) is 6.97. The first-order valence-electron chi connectivity index (χ1n) is 6.97. The molecule has 0 spiro atoms. The van der Waals surface area contributed by atoms with Crippen molar-refractivity contribution >= 4 is 0 Å². The van der Waals surface area contributed by atoms with Crippen molar-refractivity contribution in [2.24, 2.45) is 17.1 Å². The van der Waals surface area contributed by atoms with Crippen molar-refractivity contribution in [3.8, 4) is 0 Å². The summed E-state index contributed by atoms with van der Waals surface area (Å²) in [4.78, 5) is 4.52. The van der Waals surface area contributed by atoms with E-state index in [-0.39, 0.29) is 11.5 Å². The molecule has 2 rings (SSSR count). The number of hydrogen-bond donors (Lipinski definition) is 1. The molecule has 0 amide bonds. The van der Waals surface area contributed by atoms with Crippen molar-refractivity contribution < 1.29 is 4.52 Å². The van der Waals surface area contributed by atoms with Gasteiger partial charge in [0.25, 0.3) is 0 Å². The highest BCUT2D eigenvalue weighted by atomic mass is 16.5. The van der Waals surface area contributed by atoms with Gasteiger partial charge in [-0.3, -0.25) is 0 Å². The summed E-state index contributed by atoms with van der Waals surface area (Å²) in [6, 6.07) is -0.169. The van der Waals surface area contributed by atoms with Gasteiger partial charge >= 0.3 is 0 Å². The smallest absolute Gasteiger partial charge is 0.229 e. The van der Waals surface area contributed by atoms with Gasteiger partial charge in [-0.25, -0.2) is 0 Å². The first kappa shape index (κ1) is 13.5. The minimum Gasteiger partial charge on any atom is -0.339 e. The largest absolute Gasteiger partial charge is 0.339 e. The molecule has 1 aromatic rings. The molecule has 1 heterocycles.